The summed E-state index contributed by atoms with van der Waals surface area (Å²) in [6.07, 6.45) is 0.876. The predicted molar refractivity (Wildman–Crippen MR) is 92.9 cm³/mol. The number of methoxy groups -OCH3 is 1. The van der Waals surface area contributed by atoms with E-state index in [1.165, 1.54) is 0 Å². The predicted octanol–water partition coefficient (Wildman–Crippen LogP) is 3.70. The molecule has 2 aromatic carbocycles. The van der Waals surface area contributed by atoms with Gasteiger partial charge in [0.15, 0.2) is 0 Å². The van der Waals surface area contributed by atoms with E-state index in [2.05, 4.69) is 17.4 Å². The Labute approximate surface area is 141 Å². The van der Waals surface area contributed by atoms with Crippen molar-refractivity contribution in [3.63, 3.8) is 0 Å². The molecule has 0 amide bonds. The van der Waals surface area contributed by atoms with Crippen molar-refractivity contribution in [2.24, 2.45) is 0 Å². The summed E-state index contributed by atoms with van der Waals surface area (Å²) in [7, 11) is 1.65. The lowest BCUT2D eigenvalue weighted by Gasteiger charge is -2.21. The number of hydrogen-bond acceptors (Lipinski definition) is 4. The average molecular weight is 323 g/mol. The Hall–Kier alpha value is -2.56. The molecule has 0 saturated heterocycles. The standard InChI is InChI=1S/C20H21NO3/c1-23-17-11-9-16(10-12-17)20(15-6-3-2-4-7-15)21-14-18(22)19-8-5-13-24-19/h2-13,18,20-22H,14H2,1H3. The summed E-state index contributed by atoms with van der Waals surface area (Å²) in [5, 5.41) is 13.7. The van der Waals surface area contributed by atoms with Crippen molar-refractivity contribution in [3.05, 3.63) is 89.9 Å². The first-order chi connectivity index (χ1) is 11.8. The number of aliphatic hydroxyl groups excluding tert-OH is 1. The second-order valence-corrected chi connectivity index (χ2v) is 5.56. The van der Waals surface area contributed by atoms with Crippen molar-refractivity contribution < 1.29 is 14.3 Å². The first-order valence-electron chi connectivity index (χ1n) is 7.91. The Bertz CT molecular complexity index is 723. The topological polar surface area (TPSA) is 54.6 Å². The van der Waals surface area contributed by atoms with Gasteiger partial charge in [0, 0.05) is 6.54 Å². The molecule has 0 fully saturated rings. The number of nitrogens with one attached hydrogen (secondary N) is 1. The largest absolute Gasteiger partial charge is 0.497 e. The Morgan fingerprint density at radius 2 is 1.67 bits per heavy atom. The Morgan fingerprint density at radius 1 is 0.958 bits per heavy atom. The van der Waals surface area contributed by atoms with Crippen molar-refractivity contribution in [1.29, 1.82) is 0 Å². The van der Waals surface area contributed by atoms with Gasteiger partial charge in [0.1, 0.15) is 17.6 Å². The molecule has 1 aromatic heterocycles. The highest BCUT2D eigenvalue weighted by Crippen LogP contribution is 2.25. The van der Waals surface area contributed by atoms with Crippen LogP contribution in [-0.2, 0) is 0 Å². The molecule has 0 saturated carbocycles. The fourth-order valence-corrected chi connectivity index (χ4v) is 2.68. The van der Waals surface area contributed by atoms with E-state index in [1.54, 1.807) is 25.5 Å². The number of furan rings is 1. The van der Waals surface area contributed by atoms with Crippen molar-refractivity contribution >= 4 is 0 Å². The summed E-state index contributed by atoms with van der Waals surface area (Å²) in [6, 6.07) is 21.6. The molecular formula is C20H21NO3. The summed E-state index contributed by atoms with van der Waals surface area (Å²) in [5.41, 5.74) is 2.24. The van der Waals surface area contributed by atoms with Crippen molar-refractivity contribution in [1.82, 2.24) is 5.32 Å². The minimum atomic E-state index is -0.690. The summed E-state index contributed by atoms with van der Waals surface area (Å²) in [5.74, 6) is 1.38. The highest BCUT2D eigenvalue weighted by molar-refractivity contribution is 5.35. The summed E-state index contributed by atoms with van der Waals surface area (Å²) in [4.78, 5) is 0. The molecule has 0 bridgehead atoms. The molecule has 0 radical (unpaired) electrons. The van der Waals surface area contributed by atoms with Crippen LogP contribution in [0.4, 0.5) is 0 Å². The van der Waals surface area contributed by atoms with Gasteiger partial charge in [0.25, 0.3) is 0 Å². The minimum Gasteiger partial charge on any atom is -0.497 e. The van der Waals surface area contributed by atoms with Gasteiger partial charge >= 0.3 is 0 Å². The van der Waals surface area contributed by atoms with Crippen LogP contribution in [-0.4, -0.2) is 18.8 Å². The maximum atomic E-state index is 10.3. The van der Waals surface area contributed by atoms with Gasteiger partial charge in [-0.1, -0.05) is 42.5 Å². The zero-order chi connectivity index (χ0) is 16.8. The van der Waals surface area contributed by atoms with Crippen LogP contribution in [0.15, 0.2) is 77.4 Å². The van der Waals surface area contributed by atoms with Crippen LogP contribution in [0.2, 0.25) is 0 Å². The maximum Gasteiger partial charge on any atom is 0.133 e. The number of aliphatic hydroxyl groups is 1. The number of benzene rings is 2. The monoisotopic (exact) mass is 323 g/mol. The number of hydrogen-bond donors (Lipinski definition) is 2. The van der Waals surface area contributed by atoms with E-state index in [0.29, 0.717) is 12.3 Å². The van der Waals surface area contributed by atoms with Gasteiger partial charge in [-0.05, 0) is 35.4 Å². The summed E-state index contributed by atoms with van der Waals surface area (Å²) < 4.78 is 10.5. The Balaban J connectivity index is 1.79. The Morgan fingerprint density at radius 3 is 2.29 bits per heavy atom. The van der Waals surface area contributed by atoms with E-state index in [0.717, 1.165) is 16.9 Å². The molecule has 0 aliphatic carbocycles. The lowest BCUT2D eigenvalue weighted by atomic mass is 9.98. The van der Waals surface area contributed by atoms with E-state index in [9.17, 15) is 5.11 Å². The van der Waals surface area contributed by atoms with Crippen LogP contribution in [0.25, 0.3) is 0 Å². The van der Waals surface area contributed by atoms with Gasteiger partial charge in [0.2, 0.25) is 0 Å². The summed E-state index contributed by atoms with van der Waals surface area (Å²) >= 11 is 0. The van der Waals surface area contributed by atoms with E-state index in [1.807, 2.05) is 42.5 Å². The minimum absolute atomic E-state index is 0.0262. The fraction of sp³-hybridized carbons (Fsp3) is 0.200. The van der Waals surface area contributed by atoms with Gasteiger partial charge in [0.05, 0.1) is 19.4 Å². The lowest BCUT2D eigenvalue weighted by molar-refractivity contribution is 0.145. The van der Waals surface area contributed by atoms with E-state index >= 15 is 0 Å². The lowest BCUT2D eigenvalue weighted by Crippen LogP contribution is -2.27. The molecule has 3 aromatic rings. The maximum absolute atomic E-state index is 10.3. The van der Waals surface area contributed by atoms with Crippen LogP contribution >= 0.6 is 0 Å². The first kappa shape index (κ1) is 16.3. The van der Waals surface area contributed by atoms with Gasteiger partial charge in [-0.2, -0.15) is 0 Å². The summed E-state index contributed by atoms with van der Waals surface area (Å²) in [6.45, 7) is 0.388. The number of ether oxygens (including phenoxy) is 1. The third kappa shape index (κ3) is 3.85. The van der Waals surface area contributed by atoms with Crippen LogP contribution in [0.3, 0.4) is 0 Å². The third-order valence-electron chi connectivity index (χ3n) is 3.97. The van der Waals surface area contributed by atoms with Crippen molar-refractivity contribution in [2.45, 2.75) is 12.1 Å². The second-order valence-electron chi connectivity index (χ2n) is 5.56. The molecule has 0 aliphatic heterocycles. The third-order valence-corrected chi connectivity index (χ3v) is 3.97. The molecule has 2 atom stereocenters. The van der Waals surface area contributed by atoms with Gasteiger partial charge in [-0.3, -0.25) is 0 Å². The normalized spacial score (nSPS) is 13.4. The molecular weight excluding hydrogens is 302 g/mol. The van der Waals surface area contributed by atoms with Gasteiger partial charge in [-0.15, -0.1) is 0 Å². The molecule has 2 unspecified atom stereocenters. The van der Waals surface area contributed by atoms with E-state index < -0.39 is 6.10 Å². The Kier molecular flexibility index (Phi) is 5.31. The van der Waals surface area contributed by atoms with Gasteiger partial charge < -0.3 is 19.6 Å². The highest BCUT2D eigenvalue weighted by Gasteiger charge is 2.17. The van der Waals surface area contributed by atoms with Crippen LogP contribution in [0.5, 0.6) is 5.75 Å². The van der Waals surface area contributed by atoms with Gasteiger partial charge in [-0.25, -0.2) is 0 Å². The molecule has 124 valence electrons. The molecule has 3 rings (SSSR count). The SMILES string of the molecule is COc1ccc(C(NCC(O)c2ccco2)c2ccccc2)cc1. The first-order valence-corrected chi connectivity index (χ1v) is 7.91. The molecule has 1 heterocycles. The molecule has 24 heavy (non-hydrogen) atoms. The molecule has 0 aliphatic rings. The quantitative estimate of drug-likeness (QED) is 0.696. The van der Waals surface area contributed by atoms with E-state index in [4.69, 9.17) is 9.15 Å². The van der Waals surface area contributed by atoms with E-state index in [-0.39, 0.29) is 6.04 Å². The van der Waals surface area contributed by atoms with Crippen LogP contribution in [0, 0.1) is 0 Å². The molecule has 0 spiro atoms. The second kappa shape index (κ2) is 7.81. The fourth-order valence-electron chi connectivity index (χ4n) is 2.68. The van der Waals surface area contributed by atoms with Crippen molar-refractivity contribution in [3.8, 4) is 5.75 Å². The number of rotatable bonds is 7. The van der Waals surface area contributed by atoms with Crippen molar-refractivity contribution in [2.75, 3.05) is 13.7 Å². The highest BCUT2D eigenvalue weighted by atomic mass is 16.5. The zero-order valence-corrected chi connectivity index (χ0v) is 13.6. The zero-order valence-electron chi connectivity index (χ0n) is 13.6. The van der Waals surface area contributed by atoms with Crippen LogP contribution in [0.1, 0.15) is 29.0 Å². The average Bonchev–Trinajstić information content (AvgIpc) is 3.18. The molecule has 4 heteroatoms. The smallest absolute Gasteiger partial charge is 0.133 e. The van der Waals surface area contributed by atoms with Crippen LogP contribution < -0.4 is 10.1 Å². The molecule has 4 nitrogen and oxygen atoms in total. The molecule has 2 N–H and O–H groups in total.